The van der Waals surface area contributed by atoms with Gasteiger partial charge in [0.05, 0.1) is 0 Å². The minimum absolute atomic E-state index is 0.929. The summed E-state index contributed by atoms with van der Waals surface area (Å²) in [6, 6.07) is 8.53. The Hall–Kier alpha value is -0.350. The molecule has 0 saturated heterocycles. The summed E-state index contributed by atoms with van der Waals surface area (Å²) in [7, 11) is 0.929. The fourth-order valence-electron chi connectivity index (χ4n) is 0.853. The van der Waals surface area contributed by atoms with Gasteiger partial charge in [0.25, 0.3) is 0 Å². The Balaban J connectivity index is 0.000000461. The van der Waals surface area contributed by atoms with Gasteiger partial charge in [-0.15, -0.1) is 0 Å². The number of benzene rings is 1. The summed E-state index contributed by atoms with van der Waals surface area (Å²) in [6.07, 6.45) is 0. The first-order chi connectivity index (χ1) is 5.34. The molecule has 0 spiro atoms. The van der Waals surface area contributed by atoms with Gasteiger partial charge in [-0.1, -0.05) is 46.7 Å². The normalized spacial score (nSPS) is 9.45. The lowest BCUT2D eigenvalue weighted by atomic mass is 10.2. The second-order valence-corrected chi connectivity index (χ2v) is 3.10. The molecule has 0 aliphatic rings. The molecule has 0 radical (unpaired) electrons. The van der Waals surface area contributed by atoms with Crippen molar-refractivity contribution in [2.24, 2.45) is 0 Å². The summed E-state index contributed by atoms with van der Waals surface area (Å²) in [4.78, 5) is 0. The Morgan fingerprint density at radius 1 is 1.09 bits per heavy atom. The third-order valence-electron chi connectivity index (χ3n) is 1.41. The van der Waals surface area contributed by atoms with Gasteiger partial charge in [-0.2, -0.15) is 0 Å². The summed E-state index contributed by atoms with van der Waals surface area (Å²) < 4.78 is 0. The number of hydrogen-bond donors (Lipinski definition) is 0. The predicted molar refractivity (Wildman–Crippen MR) is 56.4 cm³/mol. The number of hydrogen-bond acceptors (Lipinski definition) is 0. The zero-order valence-corrected chi connectivity index (χ0v) is 8.81. The van der Waals surface area contributed by atoms with E-state index in [2.05, 4.69) is 37.9 Å². The molecule has 0 saturated carbocycles. The van der Waals surface area contributed by atoms with Gasteiger partial charge in [0.15, 0.2) is 0 Å². The van der Waals surface area contributed by atoms with Crippen molar-refractivity contribution in [3.8, 4) is 0 Å². The molecular weight excluding hydrogens is 151 g/mol. The summed E-state index contributed by atoms with van der Waals surface area (Å²) in [6.45, 7) is 8.37. The first kappa shape index (κ1) is 10.7. The molecule has 0 heterocycles. The van der Waals surface area contributed by atoms with Gasteiger partial charge in [-0.3, -0.25) is 0 Å². The molecule has 1 aromatic carbocycles. The summed E-state index contributed by atoms with van der Waals surface area (Å²) >= 11 is 0. The molecular formula is C10H17P. The van der Waals surface area contributed by atoms with Crippen LogP contribution in [0.2, 0.25) is 0 Å². The van der Waals surface area contributed by atoms with Gasteiger partial charge >= 0.3 is 0 Å². The Morgan fingerprint density at radius 3 is 2.00 bits per heavy atom. The maximum atomic E-state index is 2.21. The highest BCUT2D eigenvalue weighted by molar-refractivity contribution is 7.46. The molecule has 1 heteroatoms. The second-order valence-electron chi connectivity index (χ2n) is 2.06. The van der Waals surface area contributed by atoms with Crippen molar-refractivity contribution >= 4 is 13.9 Å². The van der Waals surface area contributed by atoms with Crippen LogP contribution in [0.25, 0.3) is 0 Å². The highest BCUT2D eigenvalue weighted by atomic mass is 31.1. The topological polar surface area (TPSA) is 0 Å². The molecule has 1 atom stereocenters. The Labute approximate surface area is 71.8 Å². The van der Waals surface area contributed by atoms with Gasteiger partial charge in [-0.25, -0.2) is 0 Å². The molecule has 11 heavy (non-hydrogen) atoms. The van der Waals surface area contributed by atoms with E-state index in [0.29, 0.717) is 0 Å². The van der Waals surface area contributed by atoms with Gasteiger partial charge in [-0.05, 0) is 24.5 Å². The zero-order valence-electron chi connectivity index (χ0n) is 7.81. The van der Waals surface area contributed by atoms with Crippen LogP contribution in [0, 0.1) is 6.92 Å². The number of aryl methyl sites for hydroxylation is 1. The Bertz CT molecular complexity index is 194. The van der Waals surface area contributed by atoms with Gasteiger partial charge in [0, 0.05) is 0 Å². The van der Waals surface area contributed by atoms with E-state index in [-0.39, 0.29) is 0 Å². The third kappa shape index (κ3) is 3.53. The van der Waals surface area contributed by atoms with E-state index in [0.717, 1.165) is 8.58 Å². The van der Waals surface area contributed by atoms with Crippen LogP contribution >= 0.6 is 8.58 Å². The van der Waals surface area contributed by atoms with Crippen molar-refractivity contribution < 1.29 is 0 Å². The van der Waals surface area contributed by atoms with Gasteiger partial charge < -0.3 is 0 Å². The molecule has 0 bridgehead atoms. The van der Waals surface area contributed by atoms with Crippen molar-refractivity contribution in [3.05, 3.63) is 29.8 Å². The van der Waals surface area contributed by atoms with E-state index in [4.69, 9.17) is 0 Å². The third-order valence-corrected chi connectivity index (χ3v) is 2.51. The first-order valence-electron chi connectivity index (χ1n) is 4.08. The summed E-state index contributed by atoms with van der Waals surface area (Å²) in [5.41, 5.74) is 1.42. The molecule has 1 unspecified atom stereocenters. The standard InChI is InChI=1S/C8H11P.C2H6/c1-7-5-3-4-6-8(7)9-2;1-2/h3-6,9H,1-2H3;1-2H3. The fourth-order valence-corrected chi connectivity index (χ4v) is 1.59. The van der Waals surface area contributed by atoms with E-state index in [1.54, 1.807) is 0 Å². The molecule has 0 fully saturated rings. The maximum Gasteiger partial charge on any atom is -0.0245 e. The predicted octanol–water partition coefficient (Wildman–Crippen LogP) is 2.95. The quantitative estimate of drug-likeness (QED) is 0.565. The molecule has 0 nitrogen and oxygen atoms in total. The maximum absolute atomic E-state index is 2.21. The van der Waals surface area contributed by atoms with Crippen LogP contribution in [-0.4, -0.2) is 6.66 Å². The SMILES string of the molecule is CC.CPc1ccccc1C. The largest absolute Gasteiger partial charge is 0.0933 e. The molecule has 0 amide bonds. The van der Waals surface area contributed by atoms with Gasteiger partial charge in [0.2, 0.25) is 0 Å². The lowest BCUT2D eigenvalue weighted by molar-refractivity contribution is 1.50. The second kappa shape index (κ2) is 6.37. The fraction of sp³-hybridized carbons (Fsp3) is 0.400. The van der Waals surface area contributed by atoms with Crippen LogP contribution in [0.4, 0.5) is 0 Å². The van der Waals surface area contributed by atoms with E-state index < -0.39 is 0 Å². The van der Waals surface area contributed by atoms with Crippen molar-refractivity contribution in [2.45, 2.75) is 20.8 Å². The van der Waals surface area contributed by atoms with Crippen molar-refractivity contribution in [2.75, 3.05) is 6.66 Å². The van der Waals surface area contributed by atoms with Crippen molar-refractivity contribution in [1.82, 2.24) is 0 Å². The van der Waals surface area contributed by atoms with E-state index in [9.17, 15) is 0 Å². The van der Waals surface area contributed by atoms with Crippen LogP contribution in [0.5, 0.6) is 0 Å². The van der Waals surface area contributed by atoms with Crippen molar-refractivity contribution in [3.63, 3.8) is 0 Å². The van der Waals surface area contributed by atoms with Crippen LogP contribution in [0.15, 0.2) is 24.3 Å². The Kier molecular flexibility index (Phi) is 6.16. The van der Waals surface area contributed by atoms with Crippen LogP contribution in [0.1, 0.15) is 19.4 Å². The lowest BCUT2D eigenvalue weighted by Gasteiger charge is -1.98. The van der Waals surface area contributed by atoms with Crippen molar-refractivity contribution in [1.29, 1.82) is 0 Å². The summed E-state index contributed by atoms with van der Waals surface area (Å²) in [5.74, 6) is 0. The van der Waals surface area contributed by atoms with Gasteiger partial charge in [0.1, 0.15) is 0 Å². The minimum Gasteiger partial charge on any atom is -0.0933 e. The summed E-state index contributed by atoms with van der Waals surface area (Å²) in [5, 5.41) is 1.48. The lowest BCUT2D eigenvalue weighted by Crippen LogP contribution is -1.96. The average Bonchev–Trinajstić information content (AvgIpc) is 2.09. The highest BCUT2D eigenvalue weighted by Crippen LogP contribution is 2.06. The molecule has 0 aromatic heterocycles. The first-order valence-corrected chi connectivity index (χ1v) is 5.58. The number of rotatable bonds is 1. The van der Waals surface area contributed by atoms with Crippen LogP contribution in [-0.2, 0) is 0 Å². The zero-order chi connectivity index (χ0) is 8.69. The molecule has 62 valence electrons. The molecule has 1 rings (SSSR count). The smallest absolute Gasteiger partial charge is 0.0245 e. The van der Waals surface area contributed by atoms with E-state index >= 15 is 0 Å². The van der Waals surface area contributed by atoms with E-state index in [1.165, 1.54) is 10.9 Å². The monoisotopic (exact) mass is 168 g/mol. The minimum atomic E-state index is 0.929. The molecule has 0 N–H and O–H groups in total. The molecule has 1 aromatic rings. The molecule has 0 aliphatic heterocycles. The van der Waals surface area contributed by atoms with Crippen LogP contribution in [0.3, 0.4) is 0 Å². The van der Waals surface area contributed by atoms with E-state index in [1.807, 2.05) is 13.8 Å². The highest BCUT2D eigenvalue weighted by Gasteiger charge is 1.89. The Morgan fingerprint density at radius 2 is 1.64 bits per heavy atom. The van der Waals surface area contributed by atoms with Crippen LogP contribution < -0.4 is 5.30 Å². The molecule has 0 aliphatic carbocycles. The average molecular weight is 168 g/mol.